The minimum Gasteiger partial charge on any atom is -0.466 e. The Morgan fingerprint density at radius 1 is 1.33 bits per heavy atom. The lowest BCUT2D eigenvalue weighted by atomic mass is 9.74. The average molecular weight is 366 g/mol. The summed E-state index contributed by atoms with van der Waals surface area (Å²) >= 11 is 0. The molecular formula is C21H22N2O4. The van der Waals surface area contributed by atoms with E-state index in [0.717, 1.165) is 17.5 Å². The first kappa shape index (κ1) is 17.5. The van der Waals surface area contributed by atoms with Gasteiger partial charge < -0.3 is 19.7 Å². The molecule has 140 valence electrons. The van der Waals surface area contributed by atoms with Crippen LogP contribution in [0.5, 0.6) is 0 Å². The Labute approximate surface area is 157 Å². The van der Waals surface area contributed by atoms with Crippen LogP contribution in [0.3, 0.4) is 0 Å². The van der Waals surface area contributed by atoms with Gasteiger partial charge in [-0.3, -0.25) is 4.79 Å². The topological polar surface area (TPSA) is 75.7 Å². The molecule has 0 aliphatic carbocycles. The van der Waals surface area contributed by atoms with Gasteiger partial charge in [-0.25, -0.2) is 4.79 Å². The Balaban J connectivity index is 2.01. The molecule has 1 N–H and O–H groups in total. The number of ether oxygens (including phenoxy) is 1. The molecule has 1 aromatic carbocycles. The minimum atomic E-state index is -0.922. The quantitative estimate of drug-likeness (QED) is 0.493. The van der Waals surface area contributed by atoms with Crippen molar-refractivity contribution in [1.82, 2.24) is 4.90 Å². The second-order valence-electron chi connectivity index (χ2n) is 7.63. The highest BCUT2D eigenvalue weighted by atomic mass is 16.5. The van der Waals surface area contributed by atoms with E-state index >= 15 is 0 Å². The van der Waals surface area contributed by atoms with Crippen LogP contribution in [0.4, 0.5) is 5.69 Å². The van der Waals surface area contributed by atoms with Crippen LogP contribution >= 0.6 is 0 Å². The number of nitrogens with zero attached hydrogens (tertiary/aromatic N) is 1. The number of nitrogens with one attached hydrogen (secondary N) is 1. The van der Waals surface area contributed by atoms with Crippen molar-refractivity contribution >= 4 is 23.9 Å². The van der Waals surface area contributed by atoms with Crippen molar-refractivity contribution in [3.05, 3.63) is 53.3 Å². The number of allylic oxidation sites excluding steroid dienone is 1. The second kappa shape index (κ2) is 6.08. The number of carbonyl (C=O) groups is 3. The number of aldehydes is 1. The van der Waals surface area contributed by atoms with Crippen LogP contribution in [-0.4, -0.2) is 43.3 Å². The van der Waals surface area contributed by atoms with Gasteiger partial charge in [-0.2, -0.15) is 0 Å². The lowest BCUT2D eigenvalue weighted by molar-refractivity contribution is -0.136. The van der Waals surface area contributed by atoms with Crippen molar-refractivity contribution < 1.29 is 19.1 Å². The first-order chi connectivity index (χ1) is 12.9. The van der Waals surface area contributed by atoms with Gasteiger partial charge in [0.05, 0.1) is 12.7 Å². The number of hydrogen-bond donors (Lipinski definition) is 1. The fraction of sp³-hybridized carbons (Fsp3) is 0.381. The first-order valence-electron chi connectivity index (χ1n) is 9.07. The lowest BCUT2D eigenvalue weighted by Crippen LogP contribution is -2.40. The smallest absolute Gasteiger partial charge is 0.335 e. The summed E-state index contributed by atoms with van der Waals surface area (Å²) in [6.07, 6.45) is 5.23. The second-order valence-corrected chi connectivity index (χ2v) is 7.63. The molecule has 3 aliphatic rings. The molecule has 1 amide bonds. The first-order valence-corrected chi connectivity index (χ1v) is 9.07. The van der Waals surface area contributed by atoms with Crippen LogP contribution in [0.1, 0.15) is 25.3 Å². The van der Waals surface area contributed by atoms with Crippen LogP contribution in [-0.2, 0) is 24.5 Å². The van der Waals surface area contributed by atoms with Crippen molar-refractivity contribution in [2.24, 2.45) is 5.41 Å². The van der Waals surface area contributed by atoms with Gasteiger partial charge in [-0.05, 0) is 31.4 Å². The van der Waals surface area contributed by atoms with Crippen LogP contribution in [0, 0.1) is 5.41 Å². The molecule has 3 aliphatic heterocycles. The number of fused-ring (bicyclic) bond motifs is 2. The standard InChI is InChI=1S/C21H22N2O4/c1-20(13-24)8-5-10-23-11-9-21(19(23)26)15-6-3-4-7-16(15)22-17(21)14(12-20)18(25)27-2/h3-8,13,22H,9-12H2,1-2H3/b8-5-,17-14-/t20-,21+/m1/s1. The lowest BCUT2D eigenvalue weighted by Gasteiger charge is -2.30. The molecule has 2 bridgehead atoms. The number of carbonyl (C=O) groups excluding carboxylic acids is 3. The number of para-hydroxylation sites is 1. The zero-order valence-electron chi connectivity index (χ0n) is 15.5. The van der Waals surface area contributed by atoms with Gasteiger partial charge in [0, 0.05) is 29.9 Å². The molecule has 0 aromatic heterocycles. The van der Waals surface area contributed by atoms with Crippen LogP contribution in [0.15, 0.2) is 47.7 Å². The predicted octanol–water partition coefficient (Wildman–Crippen LogP) is 2.17. The van der Waals surface area contributed by atoms with Gasteiger partial charge in [0.1, 0.15) is 11.7 Å². The number of anilines is 1. The number of amides is 1. The Kier molecular flexibility index (Phi) is 3.94. The highest BCUT2D eigenvalue weighted by Crippen LogP contribution is 2.52. The summed E-state index contributed by atoms with van der Waals surface area (Å²) in [5, 5.41) is 3.32. The number of methoxy groups -OCH3 is 1. The van der Waals surface area contributed by atoms with E-state index in [2.05, 4.69) is 5.32 Å². The van der Waals surface area contributed by atoms with Crippen molar-refractivity contribution in [3.8, 4) is 0 Å². The van der Waals surface area contributed by atoms with Crippen molar-refractivity contribution in [3.63, 3.8) is 0 Å². The molecule has 1 spiro atoms. The Bertz CT molecular complexity index is 903. The average Bonchev–Trinajstić information content (AvgIpc) is 3.18. The van der Waals surface area contributed by atoms with Gasteiger partial charge in [-0.15, -0.1) is 0 Å². The van der Waals surface area contributed by atoms with E-state index in [0.29, 0.717) is 30.8 Å². The third kappa shape index (κ3) is 2.43. The summed E-state index contributed by atoms with van der Waals surface area (Å²) in [5.41, 5.74) is 0.844. The van der Waals surface area contributed by atoms with E-state index in [4.69, 9.17) is 4.74 Å². The zero-order chi connectivity index (χ0) is 19.2. The number of rotatable bonds is 2. The maximum absolute atomic E-state index is 13.5. The molecule has 1 saturated heterocycles. The molecule has 4 rings (SSSR count). The molecule has 0 radical (unpaired) electrons. The van der Waals surface area contributed by atoms with E-state index in [-0.39, 0.29) is 12.3 Å². The Hall–Kier alpha value is -2.89. The molecule has 0 unspecified atom stereocenters. The van der Waals surface area contributed by atoms with E-state index in [9.17, 15) is 14.4 Å². The monoisotopic (exact) mass is 366 g/mol. The van der Waals surface area contributed by atoms with Gasteiger partial charge in [0.2, 0.25) is 5.91 Å². The van der Waals surface area contributed by atoms with Crippen molar-refractivity contribution in [2.45, 2.75) is 25.2 Å². The van der Waals surface area contributed by atoms with Crippen molar-refractivity contribution in [1.29, 1.82) is 0 Å². The third-order valence-electron chi connectivity index (χ3n) is 5.87. The summed E-state index contributed by atoms with van der Waals surface area (Å²) in [6, 6.07) is 7.64. The van der Waals surface area contributed by atoms with Crippen LogP contribution in [0.2, 0.25) is 0 Å². The van der Waals surface area contributed by atoms with E-state index < -0.39 is 16.8 Å². The largest absolute Gasteiger partial charge is 0.466 e. The fourth-order valence-electron chi connectivity index (χ4n) is 4.47. The number of hydrogen-bond acceptors (Lipinski definition) is 5. The van der Waals surface area contributed by atoms with Crippen LogP contribution in [0.25, 0.3) is 0 Å². The minimum absolute atomic E-state index is 0.0179. The molecule has 1 aromatic rings. The Morgan fingerprint density at radius 3 is 2.85 bits per heavy atom. The van der Waals surface area contributed by atoms with E-state index in [1.165, 1.54) is 7.11 Å². The number of benzene rings is 1. The molecular weight excluding hydrogens is 344 g/mol. The summed E-state index contributed by atoms with van der Waals surface area (Å²) in [7, 11) is 1.32. The molecule has 1 fully saturated rings. The highest BCUT2D eigenvalue weighted by Gasteiger charge is 2.56. The van der Waals surface area contributed by atoms with Gasteiger partial charge in [0.15, 0.2) is 0 Å². The SMILES string of the molecule is COC(=O)/C1=C2\Nc3ccccc3[C@@]23CCN(C/C=C\[C@@](C)(C=O)C1)C3=O. The van der Waals surface area contributed by atoms with Gasteiger partial charge in [0.25, 0.3) is 0 Å². The van der Waals surface area contributed by atoms with Crippen LogP contribution < -0.4 is 5.32 Å². The third-order valence-corrected chi connectivity index (χ3v) is 5.87. The fourth-order valence-corrected chi connectivity index (χ4v) is 4.47. The summed E-state index contributed by atoms with van der Waals surface area (Å²) in [5.74, 6) is -0.534. The van der Waals surface area contributed by atoms with Gasteiger partial charge >= 0.3 is 5.97 Å². The highest BCUT2D eigenvalue weighted by molar-refractivity contribution is 6.03. The maximum atomic E-state index is 13.5. The molecule has 0 saturated carbocycles. The Morgan fingerprint density at radius 2 is 2.11 bits per heavy atom. The maximum Gasteiger partial charge on any atom is 0.335 e. The summed E-state index contributed by atoms with van der Waals surface area (Å²) in [6.45, 7) is 2.83. The normalized spacial score (nSPS) is 33.0. The van der Waals surface area contributed by atoms with Gasteiger partial charge in [-0.1, -0.05) is 30.4 Å². The van der Waals surface area contributed by atoms with Crippen molar-refractivity contribution in [2.75, 3.05) is 25.5 Å². The molecule has 3 heterocycles. The molecule has 6 heteroatoms. The summed E-state index contributed by atoms with van der Waals surface area (Å²) < 4.78 is 5.04. The molecule has 6 nitrogen and oxygen atoms in total. The molecule has 27 heavy (non-hydrogen) atoms. The van der Waals surface area contributed by atoms with E-state index in [1.54, 1.807) is 17.9 Å². The van der Waals surface area contributed by atoms with E-state index in [1.807, 2.05) is 30.3 Å². The zero-order valence-corrected chi connectivity index (χ0v) is 15.5. The molecule has 2 atom stereocenters. The summed E-state index contributed by atoms with van der Waals surface area (Å²) in [4.78, 5) is 39.8. The predicted molar refractivity (Wildman–Crippen MR) is 99.9 cm³/mol. The number of esters is 1.